The first kappa shape index (κ1) is 15.8. The summed E-state index contributed by atoms with van der Waals surface area (Å²) in [6.07, 6.45) is 0. The molecule has 0 aliphatic carbocycles. The van der Waals surface area contributed by atoms with E-state index in [0.717, 1.165) is 0 Å². The summed E-state index contributed by atoms with van der Waals surface area (Å²) in [6.45, 7) is 0.0656. The molecule has 2 aromatic rings. The molecule has 0 aromatic heterocycles. The molecule has 0 saturated heterocycles. The van der Waals surface area contributed by atoms with Crippen molar-refractivity contribution in [2.75, 3.05) is 11.5 Å². The van der Waals surface area contributed by atoms with Crippen LogP contribution in [-0.2, 0) is 16.6 Å². The van der Waals surface area contributed by atoms with E-state index in [9.17, 15) is 13.2 Å². The Balaban J connectivity index is 2.14. The van der Waals surface area contributed by atoms with Crippen molar-refractivity contribution in [1.29, 1.82) is 0 Å². The van der Waals surface area contributed by atoms with Crippen LogP contribution < -0.4 is 21.9 Å². The highest BCUT2D eigenvalue weighted by atomic mass is 32.2. The molecule has 0 unspecified atom stereocenters. The largest absolute Gasteiger partial charge is 0.399 e. The Morgan fingerprint density at radius 3 is 2.05 bits per heavy atom. The van der Waals surface area contributed by atoms with Crippen LogP contribution in [0.2, 0.25) is 0 Å². The minimum atomic E-state index is -3.73. The molecule has 116 valence electrons. The predicted octanol–water partition coefficient (Wildman–Crippen LogP) is 0.428. The molecule has 0 bridgehead atoms. The molecule has 8 heteroatoms. The van der Waals surface area contributed by atoms with Gasteiger partial charge in [-0.15, -0.1) is 0 Å². The molecule has 0 spiro atoms. The van der Waals surface area contributed by atoms with Crippen LogP contribution in [0.5, 0.6) is 0 Å². The van der Waals surface area contributed by atoms with Crippen LogP contribution in [0.25, 0.3) is 0 Å². The van der Waals surface area contributed by atoms with Crippen LogP contribution in [0, 0.1) is 0 Å². The van der Waals surface area contributed by atoms with Gasteiger partial charge in [0.15, 0.2) is 0 Å². The Morgan fingerprint density at radius 2 is 1.55 bits per heavy atom. The summed E-state index contributed by atoms with van der Waals surface area (Å²) in [4.78, 5) is 11.0. The third-order valence-electron chi connectivity index (χ3n) is 2.97. The van der Waals surface area contributed by atoms with Crippen LogP contribution in [0.4, 0.5) is 11.4 Å². The van der Waals surface area contributed by atoms with E-state index >= 15 is 0 Å². The van der Waals surface area contributed by atoms with Gasteiger partial charge in [0.05, 0.1) is 4.90 Å². The van der Waals surface area contributed by atoms with E-state index in [1.54, 1.807) is 12.1 Å². The fourth-order valence-corrected chi connectivity index (χ4v) is 2.96. The molecule has 0 saturated carbocycles. The highest BCUT2D eigenvalue weighted by Gasteiger charge is 2.15. The van der Waals surface area contributed by atoms with Gasteiger partial charge in [0.25, 0.3) is 0 Å². The molecule has 7 nitrogen and oxygen atoms in total. The van der Waals surface area contributed by atoms with Crippen LogP contribution >= 0.6 is 0 Å². The van der Waals surface area contributed by atoms with Crippen LogP contribution in [0.3, 0.4) is 0 Å². The number of hydrogen-bond acceptors (Lipinski definition) is 5. The summed E-state index contributed by atoms with van der Waals surface area (Å²) in [5.41, 5.74) is 17.9. The van der Waals surface area contributed by atoms with E-state index in [0.29, 0.717) is 11.1 Å². The van der Waals surface area contributed by atoms with Gasteiger partial charge < -0.3 is 17.2 Å². The van der Waals surface area contributed by atoms with E-state index in [-0.39, 0.29) is 22.8 Å². The summed E-state index contributed by atoms with van der Waals surface area (Å²) >= 11 is 0. The maximum atomic E-state index is 12.2. The Labute approximate surface area is 128 Å². The highest BCUT2D eigenvalue weighted by Crippen LogP contribution is 2.18. The van der Waals surface area contributed by atoms with Crippen molar-refractivity contribution in [2.24, 2.45) is 5.73 Å². The molecule has 0 aliphatic heterocycles. The number of benzene rings is 2. The predicted molar refractivity (Wildman–Crippen MR) is 84.3 cm³/mol. The van der Waals surface area contributed by atoms with Gasteiger partial charge in [-0.2, -0.15) is 0 Å². The van der Waals surface area contributed by atoms with Gasteiger partial charge in [-0.25, -0.2) is 13.1 Å². The van der Waals surface area contributed by atoms with Crippen LogP contribution in [-0.4, -0.2) is 14.3 Å². The van der Waals surface area contributed by atoms with Gasteiger partial charge in [-0.05, 0) is 35.9 Å². The Kier molecular flexibility index (Phi) is 4.34. The number of nitrogens with two attached hydrogens (primary N) is 3. The van der Waals surface area contributed by atoms with E-state index in [2.05, 4.69) is 4.72 Å². The lowest BCUT2D eigenvalue weighted by molar-refractivity contribution is 0.100. The molecule has 2 aromatic carbocycles. The Morgan fingerprint density at radius 1 is 1.00 bits per heavy atom. The third-order valence-corrected chi connectivity index (χ3v) is 4.35. The standard InChI is InChI=1S/C14H16N4O3S/c15-11-5-12(16)7-13(6-11)22(20,21)18-8-9-1-3-10(4-2-9)14(17)19/h1-7,18H,8,15-16H2,(H2,17,19). The van der Waals surface area contributed by atoms with Gasteiger partial charge in [0.2, 0.25) is 15.9 Å². The second kappa shape index (κ2) is 6.04. The van der Waals surface area contributed by atoms with Crippen molar-refractivity contribution in [3.8, 4) is 0 Å². The Bertz CT molecular complexity index is 781. The maximum absolute atomic E-state index is 12.2. The number of nitrogens with one attached hydrogen (secondary N) is 1. The summed E-state index contributed by atoms with van der Waals surface area (Å²) in [7, 11) is -3.73. The van der Waals surface area contributed by atoms with Crippen LogP contribution in [0.15, 0.2) is 47.4 Å². The van der Waals surface area contributed by atoms with Gasteiger partial charge in [0.1, 0.15) is 0 Å². The molecule has 0 fully saturated rings. The second-order valence-electron chi connectivity index (χ2n) is 4.72. The zero-order chi connectivity index (χ0) is 16.3. The van der Waals surface area contributed by atoms with Gasteiger partial charge in [-0.3, -0.25) is 4.79 Å². The zero-order valence-electron chi connectivity index (χ0n) is 11.6. The molecule has 7 N–H and O–H groups in total. The Hall–Kier alpha value is -2.58. The highest BCUT2D eigenvalue weighted by molar-refractivity contribution is 7.89. The molecule has 2 rings (SSSR count). The molecular formula is C14H16N4O3S. The zero-order valence-corrected chi connectivity index (χ0v) is 12.4. The SMILES string of the molecule is NC(=O)c1ccc(CNS(=O)(=O)c2cc(N)cc(N)c2)cc1. The summed E-state index contributed by atoms with van der Waals surface area (Å²) in [6, 6.07) is 10.4. The first-order valence-corrected chi connectivity index (χ1v) is 7.81. The average molecular weight is 320 g/mol. The van der Waals surface area contributed by atoms with Gasteiger partial charge in [-0.1, -0.05) is 12.1 Å². The fraction of sp³-hybridized carbons (Fsp3) is 0.0714. The lowest BCUT2D eigenvalue weighted by atomic mass is 10.1. The summed E-state index contributed by atoms with van der Waals surface area (Å²) < 4.78 is 26.8. The second-order valence-corrected chi connectivity index (χ2v) is 6.49. The lowest BCUT2D eigenvalue weighted by Crippen LogP contribution is -2.23. The smallest absolute Gasteiger partial charge is 0.248 e. The molecule has 0 atom stereocenters. The molecule has 0 heterocycles. The molecular weight excluding hydrogens is 304 g/mol. The topological polar surface area (TPSA) is 141 Å². The van der Waals surface area contributed by atoms with E-state index in [4.69, 9.17) is 17.2 Å². The molecule has 22 heavy (non-hydrogen) atoms. The van der Waals surface area contributed by atoms with E-state index in [1.807, 2.05) is 0 Å². The number of carbonyl (C=O) groups is 1. The van der Waals surface area contributed by atoms with Crippen molar-refractivity contribution >= 4 is 27.3 Å². The first-order chi connectivity index (χ1) is 10.3. The molecule has 1 amide bonds. The van der Waals surface area contributed by atoms with Crippen molar-refractivity contribution in [1.82, 2.24) is 4.72 Å². The number of nitrogen functional groups attached to an aromatic ring is 2. The van der Waals surface area contributed by atoms with Gasteiger partial charge >= 0.3 is 0 Å². The van der Waals surface area contributed by atoms with Crippen LogP contribution in [0.1, 0.15) is 15.9 Å². The number of amides is 1. The van der Waals surface area contributed by atoms with Crippen molar-refractivity contribution in [3.63, 3.8) is 0 Å². The summed E-state index contributed by atoms with van der Waals surface area (Å²) in [5.74, 6) is -0.539. The average Bonchev–Trinajstić information content (AvgIpc) is 2.44. The molecule has 0 radical (unpaired) electrons. The monoisotopic (exact) mass is 320 g/mol. The van der Waals surface area contributed by atoms with Crippen molar-refractivity contribution in [3.05, 3.63) is 53.6 Å². The minimum Gasteiger partial charge on any atom is -0.399 e. The van der Waals surface area contributed by atoms with E-state index in [1.165, 1.54) is 30.3 Å². The van der Waals surface area contributed by atoms with Gasteiger partial charge in [0, 0.05) is 23.5 Å². The van der Waals surface area contributed by atoms with Crippen molar-refractivity contribution < 1.29 is 13.2 Å². The molecule has 0 aliphatic rings. The minimum absolute atomic E-state index is 0.00115. The fourth-order valence-electron chi connectivity index (χ4n) is 1.85. The number of rotatable bonds is 5. The first-order valence-electron chi connectivity index (χ1n) is 6.32. The number of hydrogen-bond donors (Lipinski definition) is 4. The third kappa shape index (κ3) is 3.74. The number of carbonyl (C=O) groups excluding carboxylic acids is 1. The quantitative estimate of drug-likeness (QED) is 0.591. The normalized spacial score (nSPS) is 11.3. The number of anilines is 2. The lowest BCUT2D eigenvalue weighted by Gasteiger charge is -2.09. The van der Waals surface area contributed by atoms with Crippen molar-refractivity contribution in [2.45, 2.75) is 11.4 Å². The maximum Gasteiger partial charge on any atom is 0.248 e. The van der Waals surface area contributed by atoms with E-state index < -0.39 is 15.9 Å². The number of primary amides is 1. The summed E-state index contributed by atoms with van der Waals surface area (Å²) in [5, 5.41) is 0. The number of sulfonamides is 1.